The van der Waals surface area contributed by atoms with Gasteiger partial charge in [-0.1, -0.05) is 35.9 Å². The van der Waals surface area contributed by atoms with Crippen LogP contribution >= 0.6 is 11.6 Å². The van der Waals surface area contributed by atoms with Crippen LogP contribution in [-0.4, -0.2) is 5.78 Å². The van der Waals surface area contributed by atoms with Gasteiger partial charge in [0.1, 0.15) is 5.82 Å². The standard InChI is InChI=1S/C17H14ClFO/c18-16-9-8-12(19)10-15(16)17(20)14-7-3-5-11-4-1-2-6-13(11)14/h1-2,4,6,8-10,14H,3,5,7H2. The highest BCUT2D eigenvalue weighted by atomic mass is 35.5. The van der Waals surface area contributed by atoms with E-state index in [1.807, 2.05) is 18.2 Å². The molecule has 0 aliphatic heterocycles. The maximum Gasteiger partial charge on any atom is 0.171 e. The van der Waals surface area contributed by atoms with E-state index in [0.29, 0.717) is 5.02 Å². The molecule has 0 bridgehead atoms. The molecule has 0 saturated carbocycles. The van der Waals surface area contributed by atoms with Gasteiger partial charge in [-0.05, 0) is 48.6 Å². The summed E-state index contributed by atoms with van der Waals surface area (Å²) in [6, 6.07) is 11.9. The van der Waals surface area contributed by atoms with Crippen molar-refractivity contribution in [3.63, 3.8) is 0 Å². The van der Waals surface area contributed by atoms with E-state index < -0.39 is 5.82 Å². The van der Waals surface area contributed by atoms with Crippen LogP contribution in [0.1, 0.15) is 40.2 Å². The number of hydrogen-bond acceptors (Lipinski definition) is 1. The zero-order chi connectivity index (χ0) is 14.1. The average molecular weight is 289 g/mol. The second-order valence-corrected chi connectivity index (χ2v) is 5.54. The smallest absolute Gasteiger partial charge is 0.171 e. The number of carbonyl (C=O) groups is 1. The summed E-state index contributed by atoms with van der Waals surface area (Å²) in [5, 5.41) is 0.319. The summed E-state index contributed by atoms with van der Waals surface area (Å²) < 4.78 is 13.4. The largest absolute Gasteiger partial charge is 0.293 e. The van der Waals surface area contributed by atoms with Crippen molar-refractivity contribution < 1.29 is 9.18 Å². The van der Waals surface area contributed by atoms with E-state index in [2.05, 4.69) is 6.07 Å². The van der Waals surface area contributed by atoms with Gasteiger partial charge >= 0.3 is 0 Å². The van der Waals surface area contributed by atoms with Crippen LogP contribution in [-0.2, 0) is 6.42 Å². The maximum atomic E-state index is 13.4. The molecule has 1 nitrogen and oxygen atoms in total. The van der Waals surface area contributed by atoms with Crippen LogP contribution in [0.5, 0.6) is 0 Å². The number of hydrogen-bond donors (Lipinski definition) is 0. The number of benzene rings is 2. The fourth-order valence-electron chi connectivity index (χ4n) is 2.90. The highest BCUT2D eigenvalue weighted by molar-refractivity contribution is 6.34. The lowest BCUT2D eigenvalue weighted by atomic mass is 9.79. The van der Waals surface area contributed by atoms with Gasteiger partial charge in [-0.25, -0.2) is 4.39 Å². The van der Waals surface area contributed by atoms with Crippen LogP contribution in [0.4, 0.5) is 4.39 Å². The van der Waals surface area contributed by atoms with Gasteiger partial charge in [0, 0.05) is 11.5 Å². The zero-order valence-corrected chi connectivity index (χ0v) is 11.7. The Morgan fingerprint density at radius 1 is 1.20 bits per heavy atom. The van der Waals surface area contributed by atoms with Crippen LogP contribution in [0, 0.1) is 5.82 Å². The number of Topliss-reactive ketones (excluding diaryl/α,β-unsaturated/α-hetero) is 1. The molecule has 2 aromatic rings. The number of halogens is 2. The van der Waals surface area contributed by atoms with Gasteiger partial charge < -0.3 is 0 Å². The molecule has 2 aromatic carbocycles. The Bertz CT molecular complexity index is 666. The molecule has 0 amide bonds. The fourth-order valence-corrected chi connectivity index (χ4v) is 3.11. The van der Waals surface area contributed by atoms with Gasteiger partial charge in [0.05, 0.1) is 5.02 Å². The third kappa shape index (κ3) is 2.36. The van der Waals surface area contributed by atoms with Crippen molar-refractivity contribution in [1.29, 1.82) is 0 Å². The molecule has 1 aliphatic carbocycles. The van der Waals surface area contributed by atoms with Gasteiger partial charge in [0.25, 0.3) is 0 Å². The number of carbonyl (C=O) groups excluding carboxylic acids is 1. The first-order valence-electron chi connectivity index (χ1n) is 6.74. The molecule has 1 atom stereocenters. The Balaban J connectivity index is 2.02. The molecule has 0 fully saturated rings. The van der Waals surface area contributed by atoms with Gasteiger partial charge in [0.2, 0.25) is 0 Å². The first-order chi connectivity index (χ1) is 9.66. The van der Waals surface area contributed by atoms with Crippen LogP contribution < -0.4 is 0 Å². The molecule has 0 spiro atoms. The third-order valence-corrected chi connectivity index (χ3v) is 4.21. The summed E-state index contributed by atoms with van der Waals surface area (Å²) in [5.41, 5.74) is 2.56. The molecule has 3 rings (SSSR count). The fraction of sp³-hybridized carbons (Fsp3) is 0.235. The zero-order valence-electron chi connectivity index (χ0n) is 10.9. The lowest BCUT2D eigenvalue weighted by molar-refractivity contribution is 0.0950. The SMILES string of the molecule is O=C(c1cc(F)ccc1Cl)C1CCCc2ccccc21. The third-order valence-electron chi connectivity index (χ3n) is 3.88. The molecule has 0 N–H and O–H groups in total. The predicted octanol–water partition coefficient (Wildman–Crippen LogP) is 4.78. The summed E-state index contributed by atoms with van der Waals surface area (Å²) in [6.07, 6.45) is 2.76. The molecule has 0 aromatic heterocycles. The van der Waals surface area contributed by atoms with E-state index in [9.17, 15) is 9.18 Å². The summed E-state index contributed by atoms with van der Waals surface area (Å²) in [4.78, 5) is 12.7. The Morgan fingerprint density at radius 3 is 2.85 bits per heavy atom. The number of fused-ring (bicyclic) bond motifs is 1. The number of rotatable bonds is 2. The van der Waals surface area contributed by atoms with E-state index in [1.54, 1.807) is 0 Å². The first-order valence-corrected chi connectivity index (χ1v) is 7.11. The van der Waals surface area contributed by atoms with E-state index in [4.69, 9.17) is 11.6 Å². The van der Waals surface area contributed by atoms with Crippen molar-refractivity contribution in [3.8, 4) is 0 Å². The molecular formula is C17H14ClFO. The van der Waals surface area contributed by atoms with Crippen molar-refractivity contribution in [2.75, 3.05) is 0 Å². The highest BCUT2D eigenvalue weighted by Gasteiger charge is 2.28. The summed E-state index contributed by atoms with van der Waals surface area (Å²) in [5.74, 6) is -0.720. The Morgan fingerprint density at radius 2 is 2.00 bits per heavy atom. The van der Waals surface area contributed by atoms with Gasteiger partial charge in [0.15, 0.2) is 5.78 Å². The van der Waals surface area contributed by atoms with Crippen molar-refractivity contribution >= 4 is 17.4 Å². The summed E-state index contributed by atoms with van der Waals surface area (Å²) in [7, 11) is 0. The minimum atomic E-state index is -0.429. The quantitative estimate of drug-likeness (QED) is 0.727. The normalized spacial score (nSPS) is 17.6. The second-order valence-electron chi connectivity index (χ2n) is 5.13. The number of ketones is 1. The van der Waals surface area contributed by atoms with Crippen LogP contribution in [0.2, 0.25) is 5.02 Å². The molecular weight excluding hydrogens is 275 g/mol. The topological polar surface area (TPSA) is 17.1 Å². The van der Waals surface area contributed by atoms with Crippen molar-refractivity contribution in [2.24, 2.45) is 0 Å². The molecule has 0 saturated heterocycles. The first kappa shape index (κ1) is 13.3. The van der Waals surface area contributed by atoms with Gasteiger partial charge in [-0.15, -0.1) is 0 Å². The van der Waals surface area contributed by atoms with Gasteiger partial charge in [-0.3, -0.25) is 4.79 Å². The van der Waals surface area contributed by atoms with E-state index in [1.165, 1.54) is 23.8 Å². The van der Waals surface area contributed by atoms with Crippen LogP contribution in [0.25, 0.3) is 0 Å². The van der Waals surface area contributed by atoms with Crippen molar-refractivity contribution in [3.05, 3.63) is 70.0 Å². The lowest BCUT2D eigenvalue weighted by Gasteiger charge is -2.24. The van der Waals surface area contributed by atoms with Crippen LogP contribution in [0.15, 0.2) is 42.5 Å². The van der Waals surface area contributed by atoms with E-state index >= 15 is 0 Å². The van der Waals surface area contributed by atoms with E-state index in [-0.39, 0.29) is 17.3 Å². The minimum absolute atomic E-state index is 0.0818. The Kier molecular flexibility index (Phi) is 3.58. The van der Waals surface area contributed by atoms with Crippen LogP contribution in [0.3, 0.4) is 0 Å². The van der Waals surface area contributed by atoms with Gasteiger partial charge in [-0.2, -0.15) is 0 Å². The predicted molar refractivity (Wildman–Crippen MR) is 77.9 cm³/mol. The average Bonchev–Trinajstić information content (AvgIpc) is 2.48. The Hall–Kier alpha value is -1.67. The molecule has 0 heterocycles. The second kappa shape index (κ2) is 5.37. The molecule has 1 unspecified atom stereocenters. The number of aryl methyl sites for hydroxylation is 1. The molecule has 0 radical (unpaired) electrons. The van der Waals surface area contributed by atoms with E-state index in [0.717, 1.165) is 24.8 Å². The lowest BCUT2D eigenvalue weighted by Crippen LogP contribution is -2.19. The summed E-state index contributed by atoms with van der Waals surface area (Å²) >= 11 is 6.05. The molecule has 20 heavy (non-hydrogen) atoms. The Labute approximate surface area is 122 Å². The molecule has 102 valence electrons. The summed E-state index contributed by atoms with van der Waals surface area (Å²) in [6.45, 7) is 0. The van der Waals surface area contributed by atoms with Crippen molar-refractivity contribution in [2.45, 2.75) is 25.2 Å². The minimum Gasteiger partial charge on any atom is -0.293 e. The maximum absolute atomic E-state index is 13.4. The van der Waals surface area contributed by atoms with Crippen molar-refractivity contribution in [1.82, 2.24) is 0 Å². The monoisotopic (exact) mass is 288 g/mol. The molecule has 1 aliphatic rings. The highest BCUT2D eigenvalue weighted by Crippen LogP contribution is 2.35. The molecule has 3 heteroatoms.